The van der Waals surface area contributed by atoms with Crippen LogP contribution in [0, 0.1) is 5.92 Å². The molecule has 1 aromatic rings. The van der Waals surface area contributed by atoms with Crippen molar-refractivity contribution in [2.24, 2.45) is 13.0 Å². The Balaban J connectivity index is 2.16. The van der Waals surface area contributed by atoms with E-state index in [9.17, 15) is 4.79 Å². The standard InChI is InChI=1S/C14H24N4O/c1-11-5-7-14(8-6-11,17(2)3)12(19)9-13-15-10-16-18(13)4/h10-11H,5-9H2,1-4H3. The molecular weight excluding hydrogens is 240 g/mol. The van der Waals surface area contributed by atoms with Crippen molar-refractivity contribution < 1.29 is 4.79 Å². The van der Waals surface area contributed by atoms with E-state index < -0.39 is 0 Å². The molecule has 0 radical (unpaired) electrons. The normalized spacial score (nSPS) is 27.7. The third-order valence-electron chi connectivity index (χ3n) is 4.60. The third-order valence-corrected chi connectivity index (χ3v) is 4.60. The number of hydrogen-bond acceptors (Lipinski definition) is 4. The topological polar surface area (TPSA) is 51.0 Å². The smallest absolute Gasteiger partial charge is 0.160 e. The molecule has 19 heavy (non-hydrogen) atoms. The Morgan fingerprint density at radius 2 is 2.11 bits per heavy atom. The summed E-state index contributed by atoms with van der Waals surface area (Å²) in [5.74, 6) is 1.76. The maximum absolute atomic E-state index is 12.8. The average Bonchev–Trinajstić information content (AvgIpc) is 2.76. The molecular formula is C14H24N4O. The van der Waals surface area contributed by atoms with E-state index in [2.05, 4.69) is 21.9 Å². The van der Waals surface area contributed by atoms with Crippen molar-refractivity contribution in [2.75, 3.05) is 14.1 Å². The Morgan fingerprint density at radius 1 is 1.47 bits per heavy atom. The molecule has 5 nitrogen and oxygen atoms in total. The van der Waals surface area contributed by atoms with Crippen LogP contribution in [0.1, 0.15) is 38.4 Å². The quantitative estimate of drug-likeness (QED) is 0.825. The minimum atomic E-state index is -0.307. The van der Waals surface area contributed by atoms with Gasteiger partial charge in [0.1, 0.15) is 12.2 Å². The number of rotatable bonds is 4. The van der Waals surface area contributed by atoms with Gasteiger partial charge in [0.2, 0.25) is 0 Å². The van der Waals surface area contributed by atoms with E-state index in [0.29, 0.717) is 6.42 Å². The lowest BCUT2D eigenvalue weighted by Crippen LogP contribution is -2.54. The van der Waals surface area contributed by atoms with Gasteiger partial charge in [-0.2, -0.15) is 5.10 Å². The summed E-state index contributed by atoms with van der Waals surface area (Å²) < 4.78 is 1.69. The lowest BCUT2D eigenvalue weighted by molar-refractivity contribution is -0.131. The molecule has 0 aromatic carbocycles. The van der Waals surface area contributed by atoms with E-state index in [1.807, 2.05) is 21.1 Å². The molecule has 1 aromatic heterocycles. The molecule has 1 aliphatic carbocycles. The highest BCUT2D eigenvalue weighted by Gasteiger charge is 2.42. The van der Waals surface area contributed by atoms with E-state index in [1.54, 1.807) is 4.68 Å². The van der Waals surface area contributed by atoms with Crippen LogP contribution >= 0.6 is 0 Å². The number of hydrogen-bond donors (Lipinski definition) is 0. The molecule has 0 spiro atoms. The molecule has 0 aliphatic heterocycles. The highest BCUT2D eigenvalue weighted by Crippen LogP contribution is 2.36. The third kappa shape index (κ3) is 2.71. The van der Waals surface area contributed by atoms with Crippen LogP contribution in [0.4, 0.5) is 0 Å². The van der Waals surface area contributed by atoms with Crippen LogP contribution in [0.15, 0.2) is 6.33 Å². The summed E-state index contributed by atoms with van der Waals surface area (Å²) >= 11 is 0. The van der Waals surface area contributed by atoms with Crippen molar-refractivity contribution in [3.05, 3.63) is 12.2 Å². The van der Waals surface area contributed by atoms with Crippen molar-refractivity contribution in [1.82, 2.24) is 19.7 Å². The summed E-state index contributed by atoms with van der Waals surface area (Å²) in [5, 5.41) is 4.03. The van der Waals surface area contributed by atoms with Gasteiger partial charge in [-0.1, -0.05) is 6.92 Å². The Bertz CT molecular complexity index is 444. The summed E-state index contributed by atoms with van der Waals surface area (Å²) in [6, 6.07) is 0. The molecule has 1 saturated carbocycles. The average molecular weight is 264 g/mol. The van der Waals surface area contributed by atoms with Crippen molar-refractivity contribution in [3.8, 4) is 0 Å². The van der Waals surface area contributed by atoms with E-state index in [4.69, 9.17) is 0 Å². The summed E-state index contributed by atoms with van der Waals surface area (Å²) in [4.78, 5) is 19.0. The molecule has 106 valence electrons. The second-order valence-electron chi connectivity index (χ2n) is 6.01. The maximum atomic E-state index is 12.8. The summed E-state index contributed by atoms with van der Waals surface area (Å²) in [5.41, 5.74) is -0.307. The zero-order valence-corrected chi connectivity index (χ0v) is 12.4. The van der Waals surface area contributed by atoms with Gasteiger partial charge >= 0.3 is 0 Å². The number of ketones is 1. The van der Waals surface area contributed by atoms with Gasteiger partial charge in [-0.3, -0.25) is 14.4 Å². The summed E-state index contributed by atoms with van der Waals surface area (Å²) in [6.45, 7) is 2.27. The Morgan fingerprint density at radius 3 is 2.58 bits per heavy atom. The molecule has 0 unspecified atom stereocenters. The molecule has 5 heteroatoms. The zero-order valence-electron chi connectivity index (χ0n) is 12.4. The number of carbonyl (C=O) groups is 1. The van der Waals surface area contributed by atoms with Gasteiger partial charge in [-0.05, 0) is 45.7 Å². The first-order valence-electron chi connectivity index (χ1n) is 6.99. The van der Waals surface area contributed by atoms with Crippen LogP contribution in [0.2, 0.25) is 0 Å². The van der Waals surface area contributed by atoms with Crippen LogP contribution < -0.4 is 0 Å². The molecule has 1 heterocycles. The van der Waals surface area contributed by atoms with Gasteiger partial charge in [-0.15, -0.1) is 0 Å². The van der Waals surface area contributed by atoms with Crippen LogP contribution in [-0.4, -0.2) is 45.1 Å². The number of Topliss-reactive ketones (excluding diaryl/α,β-unsaturated/α-hetero) is 1. The second-order valence-corrected chi connectivity index (χ2v) is 6.01. The van der Waals surface area contributed by atoms with E-state index in [1.165, 1.54) is 6.33 Å². The first kappa shape index (κ1) is 14.2. The fraction of sp³-hybridized carbons (Fsp3) is 0.786. The van der Waals surface area contributed by atoms with Gasteiger partial charge in [0.25, 0.3) is 0 Å². The molecule has 1 aliphatic rings. The van der Waals surface area contributed by atoms with Gasteiger partial charge < -0.3 is 0 Å². The number of likely N-dealkylation sites (N-methyl/N-ethyl adjacent to an activating group) is 1. The Hall–Kier alpha value is -1.23. The van der Waals surface area contributed by atoms with E-state index in [0.717, 1.165) is 37.4 Å². The number of aryl methyl sites for hydroxylation is 1. The summed E-state index contributed by atoms with van der Waals surface area (Å²) in [7, 11) is 5.87. The Kier molecular flexibility index (Phi) is 4.04. The monoisotopic (exact) mass is 264 g/mol. The lowest BCUT2D eigenvalue weighted by Gasteiger charge is -2.43. The molecule has 2 rings (SSSR count). The summed E-state index contributed by atoms with van der Waals surface area (Å²) in [6.07, 6.45) is 6.05. The van der Waals surface area contributed by atoms with E-state index >= 15 is 0 Å². The van der Waals surface area contributed by atoms with Crippen LogP contribution in [-0.2, 0) is 18.3 Å². The van der Waals surface area contributed by atoms with Crippen molar-refractivity contribution in [3.63, 3.8) is 0 Å². The highest BCUT2D eigenvalue weighted by molar-refractivity contribution is 5.89. The Labute approximate surface area is 115 Å². The first-order chi connectivity index (χ1) is 8.95. The molecule has 0 saturated heterocycles. The largest absolute Gasteiger partial charge is 0.297 e. The van der Waals surface area contributed by atoms with Gasteiger partial charge in [0.05, 0.1) is 12.0 Å². The van der Waals surface area contributed by atoms with Gasteiger partial charge in [0, 0.05) is 7.05 Å². The lowest BCUT2D eigenvalue weighted by atomic mass is 9.73. The molecule has 0 bridgehead atoms. The van der Waals surface area contributed by atoms with Crippen molar-refractivity contribution in [1.29, 1.82) is 0 Å². The fourth-order valence-electron chi connectivity index (χ4n) is 3.00. The highest BCUT2D eigenvalue weighted by atomic mass is 16.1. The molecule has 0 N–H and O–H groups in total. The SMILES string of the molecule is CC1CCC(C(=O)Cc2ncnn2C)(N(C)C)CC1. The van der Waals surface area contributed by atoms with Crippen LogP contribution in [0.25, 0.3) is 0 Å². The minimum absolute atomic E-state index is 0.278. The van der Waals surface area contributed by atoms with Crippen molar-refractivity contribution >= 4 is 5.78 Å². The zero-order chi connectivity index (χ0) is 14.0. The fourth-order valence-corrected chi connectivity index (χ4v) is 3.00. The number of aromatic nitrogens is 3. The molecule has 1 fully saturated rings. The predicted molar refractivity (Wildman–Crippen MR) is 73.8 cm³/mol. The van der Waals surface area contributed by atoms with Gasteiger partial charge in [0.15, 0.2) is 5.78 Å². The molecule has 0 atom stereocenters. The predicted octanol–water partition coefficient (Wildman–Crippen LogP) is 1.44. The van der Waals surface area contributed by atoms with E-state index in [-0.39, 0.29) is 11.3 Å². The van der Waals surface area contributed by atoms with Crippen LogP contribution in [0.5, 0.6) is 0 Å². The first-order valence-corrected chi connectivity index (χ1v) is 6.99. The maximum Gasteiger partial charge on any atom is 0.160 e. The van der Waals surface area contributed by atoms with Crippen molar-refractivity contribution in [2.45, 2.75) is 44.6 Å². The number of carbonyl (C=O) groups excluding carboxylic acids is 1. The number of nitrogens with zero attached hydrogens (tertiary/aromatic N) is 4. The van der Waals surface area contributed by atoms with Gasteiger partial charge in [-0.25, -0.2) is 4.98 Å². The second kappa shape index (κ2) is 5.41. The van der Waals surface area contributed by atoms with Crippen LogP contribution in [0.3, 0.4) is 0 Å². The molecule has 0 amide bonds. The minimum Gasteiger partial charge on any atom is -0.297 e.